The summed E-state index contributed by atoms with van der Waals surface area (Å²) >= 11 is 7.54. The van der Waals surface area contributed by atoms with Crippen molar-refractivity contribution in [2.45, 2.75) is 17.1 Å². The highest BCUT2D eigenvalue weighted by Gasteiger charge is 2.17. The van der Waals surface area contributed by atoms with Crippen molar-refractivity contribution in [3.63, 3.8) is 0 Å². The number of halogens is 1. The summed E-state index contributed by atoms with van der Waals surface area (Å²) in [6.07, 6.45) is 0. The van der Waals surface area contributed by atoms with Gasteiger partial charge in [-0.2, -0.15) is 0 Å². The molecule has 0 radical (unpaired) electrons. The molecule has 0 saturated heterocycles. The van der Waals surface area contributed by atoms with Gasteiger partial charge < -0.3 is 4.42 Å². The Labute approximate surface area is 147 Å². The Bertz CT molecular complexity index is 867. The fraction of sp³-hybridized carbons (Fsp3) is 0.125. The summed E-state index contributed by atoms with van der Waals surface area (Å²) in [5.41, 5.74) is 0.655. The molecule has 0 bridgehead atoms. The number of aromatic nitrogens is 2. The van der Waals surface area contributed by atoms with Crippen LogP contribution in [-0.2, 0) is 0 Å². The fourth-order valence-electron chi connectivity index (χ4n) is 2.04. The predicted octanol–water partition coefficient (Wildman–Crippen LogP) is 5.15. The summed E-state index contributed by atoms with van der Waals surface area (Å²) in [5.74, 6) is 0.812. The maximum atomic E-state index is 10.7. The Morgan fingerprint density at radius 2 is 1.96 bits per heavy atom. The maximum absolute atomic E-state index is 10.7. The summed E-state index contributed by atoms with van der Waals surface area (Å²) in [7, 11) is 0. The number of hydrogen-bond acceptors (Lipinski definition) is 6. The lowest BCUT2D eigenvalue weighted by Crippen LogP contribution is -1.88. The molecule has 3 aromatic rings. The van der Waals surface area contributed by atoms with Crippen LogP contribution >= 0.6 is 23.4 Å². The van der Waals surface area contributed by atoms with Gasteiger partial charge in [-0.3, -0.25) is 10.1 Å². The highest BCUT2D eigenvalue weighted by molar-refractivity contribution is 7.99. The fourth-order valence-corrected chi connectivity index (χ4v) is 3.25. The van der Waals surface area contributed by atoms with E-state index < -0.39 is 4.92 Å². The Balaban J connectivity index is 1.76. The number of rotatable bonds is 5. The van der Waals surface area contributed by atoms with Crippen molar-refractivity contribution in [2.24, 2.45) is 0 Å². The lowest BCUT2D eigenvalue weighted by molar-refractivity contribution is -0.384. The van der Waals surface area contributed by atoms with E-state index in [9.17, 15) is 10.1 Å². The van der Waals surface area contributed by atoms with Crippen LogP contribution in [0.4, 0.5) is 5.69 Å². The van der Waals surface area contributed by atoms with E-state index in [1.807, 2.05) is 31.2 Å². The molecule has 8 heteroatoms. The molecular formula is C16H12ClN3O3S. The Morgan fingerprint density at radius 1 is 1.21 bits per heavy atom. The van der Waals surface area contributed by atoms with Gasteiger partial charge >= 0.3 is 0 Å². The van der Waals surface area contributed by atoms with E-state index in [2.05, 4.69) is 10.2 Å². The van der Waals surface area contributed by atoms with Crippen molar-refractivity contribution in [1.82, 2.24) is 10.2 Å². The van der Waals surface area contributed by atoms with Crippen LogP contribution in [0.15, 0.2) is 57.8 Å². The molecule has 0 aliphatic carbocycles. The third-order valence-electron chi connectivity index (χ3n) is 3.22. The standard InChI is InChI=1S/C16H12ClN3O3S/c1-10(24-14-4-2-3-12(17)9-14)15-18-19-16(23-15)11-5-7-13(8-6-11)20(21)22/h2-10H,1H3. The Kier molecular flexibility index (Phi) is 4.82. The van der Waals surface area contributed by atoms with Gasteiger partial charge in [-0.25, -0.2) is 0 Å². The van der Waals surface area contributed by atoms with Crippen LogP contribution in [-0.4, -0.2) is 15.1 Å². The second-order valence-electron chi connectivity index (χ2n) is 4.97. The van der Waals surface area contributed by atoms with E-state index >= 15 is 0 Å². The molecule has 1 heterocycles. The lowest BCUT2D eigenvalue weighted by atomic mass is 10.2. The normalized spacial score (nSPS) is 12.1. The van der Waals surface area contributed by atoms with E-state index in [1.165, 1.54) is 12.1 Å². The second kappa shape index (κ2) is 7.02. The number of non-ortho nitro benzene ring substituents is 1. The monoisotopic (exact) mass is 361 g/mol. The SMILES string of the molecule is CC(Sc1cccc(Cl)c1)c1nnc(-c2ccc([N+](=O)[O-])cc2)o1. The number of hydrogen-bond donors (Lipinski definition) is 0. The molecule has 0 saturated carbocycles. The minimum Gasteiger partial charge on any atom is -0.419 e. The zero-order valence-corrected chi connectivity index (χ0v) is 14.1. The number of thioether (sulfide) groups is 1. The first-order valence-corrected chi connectivity index (χ1v) is 8.29. The van der Waals surface area contributed by atoms with Gasteiger partial charge in [0.15, 0.2) is 0 Å². The third kappa shape index (κ3) is 3.74. The molecular weight excluding hydrogens is 350 g/mol. The molecule has 0 aliphatic heterocycles. The average Bonchev–Trinajstić information content (AvgIpc) is 3.05. The van der Waals surface area contributed by atoms with E-state index in [1.54, 1.807) is 23.9 Å². The first kappa shape index (κ1) is 16.5. The smallest absolute Gasteiger partial charge is 0.269 e. The summed E-state index contributed by atoms with van der Waals surface area (Å²) in [6.45, 7) is 1.96. The van der Waals surface area contributed by atoms with E-state index in [-0.39, 0.29) is 10.9 Å². The van der Waals surface area contributed by atoms with Crippen LogP contribution in [0.2, 0.25) is 5.02 Å². The first-order valence-electron chi connectivity index (χ1n) is 7.03. The van der Waals surface area contributed by atoms with Gasteiger partial charge in [-0.1, -0.05) is 17.7 Å². The summed E-state index contributed by atoms with van der Waals surface area (Å²) in [6, 6.07) is 13.5. The number of nitro groups is 1. The van der Waals surface area contributed by atoms with Crippen LogP contribution in [0.25, 0.3) is 11.5 Å². The Morgan fingerprint density at radius 3 is 2.62 bits per heavy atom. The van der Waals surface area contributed by atoms with Gasteiger partial charge in [0.25, 0.3) is 5.69 Å². The predicted molar refractivity (Wildman–Crippen MR) is 92.1 cm³/mol. The van der Waals surface area contributed by atoms with Crippen LogP contribution < -0.4 is 0 Å². The van der Waals surface area contributed by atoms with E-state index in [4.69, 9.17) is 16.0 Å². The molecule has 24 heavy (non-hydrogen) atoms. The summed E-state index contributed by atoms with van der Waals surface area (Å²) in [4.78, 5) is 11.2. The summed E-state index contributed by atoms with van der Waals surface area (Å²) in [5, 5.41) is 19.4. The van der Waals surface area contributed by atoms with Gasteiger partial charge in [0.1, 0.15) is 0 Å². The van der Waals surface area contributed by atoms with Gasteiger partial charge in [-0.05, 0) is 37.3 Å². The minimum absolute atomic E-state index is 0.0170. The summed E-state index contributed by atoms with van der Waals surface area (Å²) < 4.78 is 5.69. The molecule has 122 valence electrons. The number of benzene rings is 2. The molecule has 1 atom stereocenters. The molecule has 1 unspecified atom stereocenters. The van der Waals surface area contributed by atoms with Crippen LogP contribution in [0.1, 0.15) is 18.1 Å². The van der Waals surface area contributed by atoms with Crippen molar-refractivity contribution < 1.29 is 9.34 Å². The molecule has 0 amide bonds. The van der Waals surface area contributed by atoms with Gasteiger partial charge in [0, 0.05) is 27.6 Å². The van der Waals surface area contributed by atoms with Crippen molar-refractivity contribution in [3.05, 3.63) is 69.6 Å². The molecule has 0 fully saturated rings. The third-order valence-corrected chi connectivity index (χ3v) is 4.54. The number of nitrogens with zero attached hydrogens (tertiary/aromatic N) is 3. The van der Waals surface area contributed by atoms with Gasteiger partial charge in [0.05, 0.1) is 10.2 Å². The van der Waals surface area contributed by atoms with Crippen molar-refractivity contribution >= 4 is 29.1 Å². The molecule has 1 aromatic heterocycles. The van der Waals surface area contributed by atoms with E-state index in [0.717, 1.165) is 4.90 Å². The van der Waals surface area contributed by atoms with Crippen molar-refractivity contribution in [3.8, 4) is 11.5 Å². The zero-order chi connectivity index (χ0) is 17.1. The minimum atomic E-state index is -0.452. The molecule has 0 aliphatic rings. The van der Waals surface area contributed by atoms with E-state index in [0.29, 0.717) is 22.4 Å². The molecule has 2 aromatic carbocycles. The molecule has 3 rings (SSSR count). The average molecular weight is 362 g/mol. The van der Waals surface area contributed by atoms with Crippen LogP contribution in [0.3, 0.4) is 0 Å². The Hall–Kier alpha value is -2.38. The van der Waals surface area contributed by atoms with Gasteiger partial charge in [-0.15, -0.1) is 22.0 Å². The second-order valence-corrected chi connectivity index (χ2v) is 6.82. The first-order chi connectivity index (χ1) is 11.5. The maximum Gasteiger partial charge on any atom is 0.269 e. The van der Waals surface area contributed by atoms with Crippen LogP contribution in [0, 0.1) is 10.1 Å². The topological polar surface area (TPSA) is 82.1 Å². The van der Waals surface area contributed by atoms with Crippen molar-refractivity contribution in [2.75, 3.05) is 0 Å². The number of nitro benzene ring substituents is 1. The quantitative estimate of drug-likeness (QED) is 0.355. The zero-order valence-electron chi connectivity index (χ0n) is 12.5. The van der Waals surface area contributed by atoms with Gasteiger partial charge in [0.2, 0.25) is 11.8 Å². The lowest BCUT2D eigenvalue weighted by Gasteiger charge is -2.06. The molecule has 0 N–H and O–H groups in total. The highest BCUT2D eigenvalue weighted by atomic mass is 35.5. The molecule has 6 nitrogen and oxygen atoms in total. The van der Waals surface area contributed by atoms with Crippen molar-refractivity contribution in [1.29, 1.82) is 0 Å². The largest absolute Gasteiger partial charge is 0.419 e. The van der Waals surface area contributed by atoms with Crippen LogP contribution in [0.5, 0.6) is 0 Å². The molecule has 0 spiro atoms. The highest BCUT2D eigenvalue weighted by Crippen LogP contribution is 2.36.